The molecule has 8 nitrogen and oxygen atoms in total. The van der Waals surface area contributed by atoms with Crippen LogP contribution in [0, 0.1) is 6.92 Å². The highest BCUT2D eigenvalue weighted by molar-refractivity contribution is 7.18. The molecule has 0 unspecified atom stereocenters. The van der Waals surface area contributed by atoms with Gasteiger partial charge in [0, 0.05) is 16.5 Å². The summed E-state index contributed by atoms with van der Waals surface area (Å²) < 4.78 is 0. The number of carbonyl (C=O) groups is 2. The number of fused-ring (bicyclic) bond motifs is 1. The van der Waals surface area contributed by atoms with E-state index in [9.17, 15) is 9.59 Å². The summed E-state index contributed by atoms with van der Waals surface area (Å²) in [6, 6.07) is 17.0. The Bertz CT molecular complexity index is 1310. The van der Waals surface area contributed by atoms with Gasteiger partial charge >= 0.3 is 11.8 Å². The number of rotatable bonds is 4. The zero-order valence-electron chi connectivity index (χ0n) is 16.2. The molecule has 154 valence electrons. The Labute approximate surface area is 186 Å². The molecule has 10 heteroatoms. The molecule has 0 atom stereocenters. The number of hydrazone groups is 1. The molecule has 2 amide bonds. The van der Waals surface area contributed by atoms with Gasteiger partial charge in [0.05, 0.1) is 11.7 Å². The molecule has 0 bridgehead atoms. The van der Waals surface area contributed by atoms with Gasteiger partial charge in [0.25, 0.3) is 0 Å². The lowest BCUT2D eigenvalue weighted by molar-refractivity contribution is -0.136. The first kappa shape index (κ1) is 20.6. The second-order valence-corrected chi connectivity index (χ2v) is 7.83. The molecule has 4 aromatic rings. The van der Waals surface area contributed by atoms with Gasteiger partial charge in [-0.1, -0.05) is 65.4 Å². The number of hydrogen-bond acceptors (Lipinski definition) is 7. The maximum Gasteiger partial charge on any atom is 0.329 e. The number of halogens is 1. The lowest BCUT2D eigenvalue weighted by atomic mass is 10.1. The van der Waals surface area contributed by atoms with Crippen molar-refractivity contribution in [3.8, 4) is 10.6 Å². The fourth-order valence-corrected chi connectivity index (χ4v) is 3.64. The molecule has 2 N–H and O–H groups in total. The van der Waals surface area contributed by atoms with Crippen LogP contribution in [-0.4, -0.2) is 33.2 Å². The van der Waals surface area contributed by atoms with Crippen LogP contribution in [0.15, 0.2) is 59.7 Å². The van der Waals surface area contributed by atoms with Gasteiger partial charge in [0.2, 0.25) is 5.13 Å². The number of nitrogens with one attached hydrogen (secondary N) is 2. The van der Waals surface area contributed by atoms with Crippen molar-refractivity contribution in [2.24, 2.45) is 5.10 Å². The van der Waals surface area contributed by atoms with Crippen molar-refractivity contribution >= 4 is 57.0 Å². The summed E-state index contributed by atoms with van der Waals surface area (Å²) >= 11 is 7.34. The summed E-state index contributed by atoms with van der Waals surface area (Å²) in [6.07, 6.45) is 1.33. The Morgan fingerprint density at radius 2 is 1.87 bits per heavy atom. The monoisotopic (exact) mass is 450 g/mol. The van der Waals surface area contributed by atoms with Gasteiger partial charge < -0.3 is 0 Å². The van der Waals surface area contributed by atoms with Crippen LogP contribution >= 0.6 is 22.9 Å². The Balaban J connectivity index is 1.38. The van der Waals surface area contributed by atoms with Crippen LogP contribution in [0.25, 0.3) is 21.5 Å². The van der Waals surface area contributed by atoms with E-state index in [1.807, 2.05) is 55.5 Å². The van der Waals surface area contributed by atoms with Crippen LogP contribution in [-0.2, 0) is 9.59 Å². The first-order chi connectivity index (χ1) is 15.0. The number of aryl methyl sites for hydroxylation is 1. The van der Waals surface area contributed by atoms with Gasteiger partial charge in [-0.25, -0.2) is 10.4 Å². The van der Waals surface area contributed by atoms with E-state index in [1.165, 1.54) is 6.21 Å². The van der Waals surface area contributed by atoms with Gasteiger partial charge in [-0.15, -0.1) is 10.2 Å². The summed E-state index contributed by atoms with van der Waals surface area (Å²) in [4.78, 5) is 28.4. The largest absolute Gasteiger partial charge is 0.329 e. The van der Waals surface area contributed by atoms with E-state index in [0.717, 1.165) is 33.4 Å². The molecule has 0 aliphatic carbocycles. The molecule has 0 spiro atoms. The van der Waals surface area contributed by atoms with Crippen LogP contribution in [0.3, 0.4) is 0 Å². The van der Waals surface area contributed by atoms with Crippen molar-refractivity contribution in [1.29, 1.82) is 0 Å². The standard InChI is InChI=1S/C21H15ClN6O2S/c1-12-7-8-14-10-15(17(22)24-16(14)9-12)11-23-26-19(30)18(29)25-21-28-27-20(31-21)13-5-3-2-4-6-13/h2-11H,1H3,(H,26,30)(H,25,28,29). The third-order valence-electron chi connectivity index (χ3n) is 4.20. The highest BCUT2D eigenvalue weighted by Crippen LogP contribution is 2.25. The molecule has 0 radical (unpaired) electrons. The average Bonchev–Trinajstić information content (AvgIpc) is 3.23. The van der Waals surface area contributed by atoms with Gasteiger partial charge in [-0.2, -0.15) is 5.10 Å². The second-order valence-electron chi connectivity index (χ2n) is 6.50. The first-order valence-electron chi connectivity index (χ1n) is 9.10. The molecule has 0 fully saturated rings. The van der Waals surface area contributed by atoms with Gasteiger partial charge in [-0.3, -0.25) is 14.9 Å². The number of benzene rings is 2. The van der Waals surface area contributed by atoms with Crippen molar-refractivity contribution in [3.05, 3.63) is 70.9 Å². The zero-order chi connectivity index (χ0) is 21.8. The SMILES string of the molecule is Cc1ccc2cc(C=NNC(=O)C(=O)Nc3nnc(-c4ccccc4)s3)c(Cl)nc2c1. The minimum Gasteiger partial charge on any atom is -0.292 e. The van der Waals surface area contributed by atoms with E-state index in [4.69, 9.17) is 11.6 Å². The van der Waals surface area contributed by atoms with Crippen LogP contribution in [0.1, 0.15) is 11.1 Å². The maximum atomic E-state index is 12.1. The number of anilines is 1. The van der Waals surface area contributed by atoms with Gasteiger partial charge in [0.1, 0.15) is 10.2 Å². The van der Waals surface area contributed by atoms with Crippen molar-refractivity contribution in [2.45, 2.75) is 6.92 Å². The van der Waals surface area contributed by atoms with Crippen molar-refractivity contribution in [1.82, 2.24) is 20.6 Å². The van der Waals surface area contributed by atoms with Gasteiger partial charge in [-0.05, 0) is 24.6 Å². The highest BCUT2D eigenvalue weighted by atomic mass is 35.5. The lowest BCUT2D eigenvalue weighted by Crippen LogP contribution is -2.32. The van der Waals surface area contributed by atoms with Crippen molar-refractivity contribution in [2.75, 3.05) is 5.32 Å². The van der Waals surface area contributed by atoms with Crippen LogP contribution in [0.2, 0.25) is 5.15 Å². The minimum absolute atomic E-state index is 0.208. The number of pyridine rings is 1. The Hall–Kier alpha value is -3.69. The predicted molar refractivity (Wildman–Crippen MR) is 121 cm³/mol. The third-order valence-corrected chi connectivity index (χ3v) is 5.39. The van der Waals surface area contributed by atoms with E-state index in [1.54, 1.807) is 6.07 Å². The van der Waals surface area contributed by atoms with E-state index in [0.29, 0.717) is 10.6 Å². The normalized spacial score (nSPS) is 11.0. The minimum atomic E-state index is -0.951. The van der Waals surface area contributed by atoms with E-state index in [-0.39, 0.29) is 10.3 Å². The predicted octanol–water partition coefficient (Wildman–Crippen LogP) is 3.80. The van der Waals surface area contributed by atoms with Crippen molar-refractivity contribution in [3.63, 3.8) is 0 Å². The number of aromatic nitrogens is 3. The Morgan fingerprint density at radius 1 is 1.06 bits per heavy atom. The molecule has 2 aromatic carbocycles. The fraction of sp³-hybridized carbons (Fsp3) is 0.0476. The van der Waals surface area contributed by atoms with Crippen LogP contribution in [0.5, 0.6) is 0 Å². The quantitative estimate of drug-likeness (QED) is 0.213. The van der Waals surface area contributed by atoms with E-state index >= 15 is 0 Å². The molecule has 4 rings (SSSR count). The second kappa shape index (κ2) is 8.99. The molecule has 31 heavy (non-hydrogen) atoms. The Morgan fingerprint density at radius 3 is 2.68 bits per heavy atom. The van der Waals surface area contributed by atoms with E-state index in [2.05, 4.69) is 31.0 Å². The molecule has 0 aliphatic rings. The highest BCUT2D eigenvalue weighted by Gasteiger charge is 2.16. The Kier molecular flexibility index (Phi) is 5.96. The molecule has 0 saturated heterocycles. The molecule has 0 saturated carbocycles. The van der Waals surface area contributed by atoms with Crippen LogP contribution < -0.4 is 10.7 Å². The molecule has 0 aliphatic heterocycles. The summed E-state index contributed by atoms with van der Waals surface area (Å²) in [5, 5.41) is 16.1. The average molecular weight is 451 g/mol. The maximum absolute atomic E-state index is 12.1. The van der Waals surface area contributed by atoms with Gasteiger partial charge in [0.15, 0.2) is 0 Å². The summed E-state index contributed by atoms with van der Waals surface area (Å²) in [5.41, 5.74) is 5.37. The fourth-order valence-electron chi connectivity index (χ4n) is 2.70. The lowest BCUT2D eigenvalue weighted by Gasteiger charge is -2.03. The summed E-state index contributed by atoms with van der Waals surface area (Å²) in [5.74, 6) is -1.86. The third kappa shape index (κ3) is 4.90. The number of nitrogens with zero attached hydrogens (tertiary/aromatic N) is 4. The topological polar surface area (TPSA) is 109 Å². The van der Waals surface area contributed by atoms with Crippen molar-refractivity contribution < 1.29 is 9.59 Å². The van der Waals surface area contributed by atoms with Crippen LogP contribution in [0.4, 0.5) is 5.13 Å². The smallest absolute Gasteiger partial charge is 0.292 e. The molecule has 2 aromatic heterocycles. The number of carbonyl (C=O) groups excluding carboxylic acids is 2. The molecular formula is C21H15ClN6O2S. The zero-order valence-corrected chi connectivity index (χ0v) is 17.7. The van der Waals surface area contributed by atoms with E-state index < -0.39 is 11.8 Å². The summed E-state index contributed by atoms with van der Waals surface area (Å²) in [7, 11) is 0. The first-order valence-corrected chi connectivity index (χ1v) is 10.3. The number of amides is 2. The summed E-state index contributed by atoms with van der Waals surface area (Å²) in [6.45, 7) is 1.97. The molecular weight excluding hydrogens is 436 g/mol. The molecule has 2 heterocycles. The number of hydrogen-bond donors (Lipinski definition) is 2.